The number of fused-ring (bicyclic) bond motifs is 3. The average molecular weight is 404 g/mol. The molecule has 1 aromatic carbocycles. The number of hydrogen-bond donors (Lipinski definition) is 2. The van der Waals surface area contributed by atoms with Crippen LogP contribution in [0, 0.1) is 0 Å². The Balaban J connectivity index is 1.22. The second-order valence-corrected chi connectivity index (χ2v) is 7.92. The summed E-state index contributed by atoms with van der Waals surface area (Å²) in [6, 6.07) is 9.03. The number of halogens is 1. The maximum Gasteiger partial charge on any atom is 0.255 e. The molecule has 3 unspecified atom stereocenters. The van der Waals surface area contributed by atoms with Crippen LogP contribution in [-0.2, 0) is 9.47 Å². The predicted octanol–water partition coefficient (Wildman–Crippen LogP) is 2.63. The molecular formula is C18H18FN4O4P. The molecule has 3 heterocycles. The van der Waals surface area contributed by atoms with Crippen molar-refractivity contribution in [3.05, 3.63) is 54.1 Å². The van der Waals surface area contributed by atoms with E-state index in [1.807, 2.05) is 6.07 Å². The Hall–Kier alpha value is -2.32. The molecule has 28 heavy (non-hydrogen) atoms. The van der Waals surface area contributed by atoms with Crippen molar-refractivity contribution in [3.63, 3.8) is 0 Å². The quantitative estimate of drug-likeness (QED) is 0.709. The largest absolute Gasteiger partial charge is 0.446 e. The second-order valence-electron chi connectivity index (χ2n) is 6.77. The molecule has 5 rings (SSSR count). The predicted molar refractivity (Wildman–Crippen MR) is 100 cm³/mol. The molecule has 5 atom stereocenters. The summed E-state index contributed by atoms with van der Waals surface area (Å²) in [4.78, 5) is 20.1. The maximum absolute atomic E-state index is 14.6. The third kappa shape index (κ3) is 3.10. The highest BCUT2D eigenvalue weighted by molar-refractivity contribution is 7.46. The number of hydrogen-bond acceptors (Lipinski definition) is 8. The minimum absolute atomic E-state index is 0.105. The monoisotopic (exact) mass is 404 g/mol. The smallest absolute Gasteiger partial charge is 0.255 e. The van der Waals surface area contributed by atoms with Crippen molar-refractivity contribution in [2.24, 2.45) is 0 Å². The summed E-state index contributed by atoms with van der Waals surface area (Å²) in [5.41, 5.74) is 6.83. The van der Waals surface area contributed by atoms with Gasteiger partial charge in [0, 0.05) is 23.6 Å². The number of rotatable bonds is 6. The molecule has 2 aromatic rings. The molecule has 1 aromatic heterocycles. The lowest BCUT2D eigenvalue weighted by atomic mass is 10.2. The lowest BCUT2D eigenvalue weighted by molar-refractivity contribution is -0.109. The zero-order valence-electron chi connectivity index (χ0n) is 14.7. The minimum Gasteiger partial charge on any atom is -0.446 e. The van der Waals surface area contributed by atoms with Gasteiger partial charge in [0.1, 0.15) is 30.1 Å². The van der Waals surface area contributed by atoms with Crippen LogP contribution in [0.2, 0.25) is 0 Å². The fourth-order valence-electron chi connectivity index (χ4n) is 3.70. The van der Waals surface area contributed by atoms with E-state index in [-0.39, 0.29) is 18.3 Å². The molecule has 1 saturated carbocycles. The van der Waals surface area contributed by atoms with Crippen molar-refractivity contribution in [1.29, 1.82) is 0 Å². The summed E-state index contributed by atoms with van der Waals surface area (Å²) < 4.78 is 31.2. The van der Waals surface area contributed by atoms with Crippen molar-refractivity contribution in [2.45, 2.75) is 30.9 Å². The van der Waals surface area contributed by atoms with Gasteiger partial charge < -0.3 is 29.5 Å². The van der Waals surface area contributed by atoms with Crippen LogP contribution < -0.4 is 15.2 Å². The average Bonchev–Trinajstić information content (AvgIpc) is 3.26. The standard InChI is InChI=1S/C18H18FN4O4P/c19-12-7-14(25-9-28(24)27-10-4-2-1-3-5-10)26-18(12)23-13-6-11(13)15-16(20)21-8-22-17(15)23/h1-5,7-8,11,13-14,18,24H,6,9H2,(H2,20,21,22)/t11?,13?,14-,18?,28+/m0/s1. The molecule has 146 valence electrons. The van der Waals surface area contributed by atoms with Crippen molar-refractivity contribution < 1.29 is 23.3 Å². The van der Waals surface area contributed by atoms with Crippen LogP contribution in [0.1, 0.15) is 17.9 Å². The summed E-state index contributed by atoms with van der Waals surface area (Å²) in [7, 11) is -1.86. The third-order valence-electron chi connectivity index (χ3n) is 4.97. The van der Waals surface area contributed by atoms with E-state index in [1.54, 1.807) is 29.2 Å². The zero-order chi connectivity index (χ0) is 19.3. The van der Waals surface area contributed by atoms with Crippen molar-refractivity contribution in [1.82, 2.24) is 9.97 Å². The van der Waals surface area contributed by atoms with Crippen LogP contribution in [0.5, 0.6) is 5.75 Å². The lowest BCUT2D eigenvalue weighted by Gasteiger charge is -2.28. The number of para-hydroxylation sites is 1. The summed E-state index contributed by atoms with van der Waals surface area (Å²) in [6.45, 7) is 0. The first-order valence-electron chi connectivity index (χ1n) is 8.84. The molecule has 10 heteroatoms. The van der Waals surface area contributed by atoms with Crippen LogP contribution in [-0.4, -0.2) is 39.8 Å². The molecule has 0 radical (unpaired) electrons. The van der Waals surface area contributed by atoms with Gasteiger partial charge in [0.2, 0.25) is 0 Å². The van der Waals surface area contributed by atoms with E-state index < -0.39 is 26.7 Å². The van der Waals surface area contributed by atoms with Crippen molar-refractivity contribution >= 4 is 20.0 Å². The van der Waals surface area contributed by atoms with E-state index in [0.717, 1.165) is 12.0 Å². The Morgan fingerprint density at radius 1 is 1.32 bits per heavy atom. The molecule has 8 nitrogen and oxygen atoms in total. The van der Waals surface area contributed by atoms with Gasteiger partial charge in [-0.3, -0.25) is 0 Å². The number of anilines is 2. The number of aromatic nitrogens is 2. The van der Waals surface area contributed by atoms with Crippen LogP contribution in [0.4, 0.5) is 16.0 Å². The molecule has 3 aliphatic rings. The van der Waals surface area contributed by atoms with Crippen LogP contribution in [0.25, 0.3) is 0 Å². The van der Waals surface area contributed by atoms with Gasteiger partial charge in [0.25, 0.3) is 8.38 Å². The Kier molecular flexibility index (Phi) is 4.40. The van der Waals surface area contributed by atoms with E-state index in [2.05, 4.69) is 9.97 Å². The highest BCUT2D eigenvalue weighted by Gasteiger charge is 2.56. The lowest BCUT2D eigenvalue weighted by Crippen LogP contribution is -2.38. The fourth-order valence-corrected chi connectivity index (χ4v) is 4.39. The molecule has 0 amide bonds. The molecule has 0 spiro atoms. The van der Waals surface area contributed by atoms with Gasteiger partial charge in [-0.15, -0.1) is 0 Å². The van der Waals surface area contributed by atoms with E-state index in [4.69, 9.17) is 19.7 Å². The summed E-state index contributed by atoms with van der Waals surface area (Å²) >= 11 is 0. The zero-order valence-corrected chi connectivity index (χ0v) is 15.6. The van der Waals surface area contributed by atoms with Gasteiger partial charge in [-0.2, -0.15) is 0 Å². The summed E-state index contributed by atoms with van der Waals surface area (Å²) in [5.74, 6) is 1.35. The SMILES string of the molecule is Nc1ncnc2c1C1CC1N2C1O[C@H](OC[P@](O)Oc2ccccc2)C=C1F. The van der Waals surface area contributed by atoms with E-state index in [9.17, 15) is 9.28 Å². The van der Waals surface area contributed by atoms with Crippen LogP contribution in [0.3, 0.4) is 0 Å². The number of ether oxygens (including phenoxy) is 2. The van der Waals surface area contributed by atoms with Gasteiger partial charge in [0.05, 0.1) is 0 Å². The molecule has 1 aliphatic carbocycles. The first kappa shape index (κ1) is 17.8. The minimum atomic E-state index is -1.86. The second kappa shape index (κ2) is 6.93. The fraction of sp³-hybridized carbons (Fsp3) is 0.333. The van der Waals surface area contributed by atoms with Crippen molar-refractivity contribution in [2.75, 3.05) is 17.0 Å². The number of nitrogens with two attached hydrogens (primary N) is 1. The highest BCUT2D eigenvalue weighted by atomic mass is 31.2. The first-order chi connectivity index (χ1) is 13.6. The first-order valence-corrected chi connectivity index (χ1v) is 10.2. The number of benzene rings is 1. The third-order valence-corrected chi connectivity index (χ3v) is 5.76. The Labute approximate surface area is 161 Å². The highest BCUT2D eigenvalue weighted by Crippen LogP contribution is 2.58. The summed E-state index contributed by atoms with van der Waals surface area (Å²) in [6.07, 6.45) is 1.56. The number of nitrogen functional groups attached to an aromatic ring is 1. The Morgan fingerprint density at radius 2 is 2.14 bits per heavy atom. The van der Waals surface area contributed by atoms with Crippen molar-refractivity contribution in [3.8, 4) is 5.75 Å². The molecule has 0 bridgehead atoms. The van der Waals surface area contributed by atoms with Gasteiger partial charge in [0.15, 0.2) is 18.3 Å². The topological polar surface area (TPSA) is 103 Å². The Bertz CT molecular complexity index is 918. The van der Waals surface area contributed by atoms with Gasteiger partial charge in [-0.05, 0) is 18.6 Å². The molecule has 0 saturated heterocycles. The van der Waals surface area contributed by atoms with Crippen LogP contribution in [0.15, 0.2) is 48.6 Å². The molecule has 2 aliphatic heterocycles. The van der Waals surface area contributed by atoms with Gasteiger partial charge >= 0.3 is 0 Å². The van der Waals surface area contributed by atoms with Crippen LogP contribution >= 0.6 is 8.38 Å². The molecule has 3 N–H and O–H groups in total. The molecule has 1 fully saturated rings. The molecular weight excluding hydrogens is 386 g/mol. The summed E-state index contributed by atoms with van der Waals surface area (Å²) in [5, 5.41) is 0. The number of nitrogens with zero attached hydrogens (tertiary/aromatic N) is 3. The maximum atomic E-state index is 14.6. The Morgan fingerprint density at radius 3 is 2.96 bits per heavy atom. The normalized spacial score (nSPS) is 28.5. The van der Waals surface area contributed by atoms with E-state index in [1.165, 1.54) is 12.4 Å². The van der Waals surface area contributed by atoms with Gasteiger partial charge in [-0.1, -0.05) is 18.2 Å². The van der Waals surface area contributed by atoms with Gasteiger partial charge in [-0.25, -0.2) is 14.4 Å². The van der Waals surface area contributed by atoms with E-state index in [0.29, 0.717) is 17.4 Å². The van der Waals surface area contributed by atoms with E-state index >= 15 is 0 Å².